The first-order valence-corrected chi connectivity index (χ1v) is 7.14. The van der Waals surface area contributed by atoms with Crippen molar-refractivity contribution in [2.75, 3.05) is 24.7 Å². The first-order chi connectivity index (χ1) is 10.9. The third-order valence-corrected chi connectivity index (χ3v) is 3.42. The molecule has 0 radical (unpaired) electrons. The van der Waals surface area contributed by atoms with Gasteiger partial charge in [-0.1, -0.05) is 11.6 Å². The smallest absolute Gasteiger partial charge is 0.261 e. The van der Waals surface area contributed by atoms with Crippen LogP contribution in [0.5, 0.6) is 0 Å². The summed E-state index contributed by atoms with van der Waals surface area (Å²) in [6.45, 7) is 0.141. The first-order valence-electron chi connectivity index (χ1n) is 6.76. The lowest BCUT2D eigenvalue weighted by Gasteiger charge is -2.12. The molecule has 0 fully saturated rings. The highest BCUT2D eigenvalue weighted by molar-refractivity contribution is 6.31. The number of benzene rings is 1. The molecule has 0 unspecified atom stereocenters. The number of nitrogens with zero attached hydrogens (tertiary/aromatic N) is 6. The molecule has 8 nitrogen and oxygen atoms in total. The molecule has 0 spiro atoms. The van der Waals surface area contributed by atoms with Crippen LogP contribution in [-0.4, -0.2) is 38.6 Å². The van der Waals surface area contributed by atoms with Gasteiger partial charge >= 0.3 is 0 Å². The van der Waals surface area contributed by atoms with Crippen molar-refractivity contribution in [3.8, 4) is 0 Å². The largest absolute Gasteiger partial charge is 0.368 e. The van der Waals surface area contributed by atoms with Crippen LogP contribution in [0.1, 0.15) is 5.82 Å². The fourth-order valence-electron chi connectivity index (χ4n) is 2.09. The van der Waals surface area contributed by atoms with Gasteiger partial charge in [-0.3, -0.25) is 9.36 Å². The summed E-state index contributed by atoms with van der Waals surface area (Å²) < 4.78 is 1.41. The third-order valence-electron chi connectivity index (χ3n) is 3.19. The number of halogens is 1. The van der Waals surface area contributed by atoms with Crippen LogP contribution in [0.25, 0.3) is 10.9 Å². The van der Waals surface area contributed by atoms with Gasteiger partial charge in [-0.15, -0.1) is 0 Å². The zero-order valence-electron chi connectivity index (χ0n) is 12.6. The van der Waals surface area contributed by atoms with Gasteiger partial charge in [0.1, 0.15) is 0 Å². The lowest BCUT2D eigenvalue weighted by Crippen LogP contribution is -2.23. The Kier molecular flexibility index (Phi) is 3.83. The van der Waals surface area contributed by atoms with Crippen molar-refractivity contribution in [1.82, 2.24) is 24.5 Å². The van der Waals surface area contributed by atoms with Crippen LogP contribution in [0.4, 0.5) is 11.9 Å². The van der Waals surface area contributed by atoms with Crippen LogP contribution in [0.2, 0.25) is 5.02 Å². The minimum Gasteiger partial charge on any atom is -0.368 e. The van der Waals surface area contributed by atoms with Crippen LogP contribution < -0.4 is 16.2 Å². The molecule has 3 aromatic rings. The minimum absolute atomic E-state index is 0.101. The highest BCUT2D eigenvalue weighted by Crippen LogP contribution is 2.14. The Morgan fingerprint density at radius 3 is 2.78 bits per heavy atom. The number of rotatable bonds is 3. The second-order valence-corrected chi connectivity index (χ2v) is 5.58. The molecule has 23 heavy (non-hydrogen) atoms. The van der Waals surface area contributed by atoms with E-state index in [9.17, 15) is 4.79 Å². The molecule has 1 aromatic carbocycles. The van der Waals surface area contributed by atoms with E-state index < -0.39 is 0 Å². The van der Waals surface area contributed by atoms with E-state index in [0.717, 1.165) is 0 Å². The number of hydrogen-bond acceptors (Lipinski definition) is 7. The van der Waals surface area contributed by atoms with Crippen molar-refractivity contribution >= 4 is 34.4 Å². The van der Waals surface area contributed by atoms with Gasteiger partial charge in [0.25, 0.3) is 5.56 Å². The maximum atomic E-state index is 12.5. The second-order valence-electron chi connectivity index (χ2n) is 5.14. The Labute approximate surface area is 136 Å². The molecule has 0 aliphatic carbocycles. The van der Waals surface area contributed by atoms with Gasteiger partial charge in [0.2, 0.25) is 11.9 Å². The van der Waals surface area contributed by atoms with Crippen LogP contribution in [0.15, 0.2) is 29.3 Å². The average molecular weight is 332 g/mol. The van der Waals surface area contributed by atoms with Crippen molar-refractivity contribution in [2.24, 2.45) is 0 Å². The highest BCUT2D eigenvalue weighted by atomic mass is 35.5. The number of nitrogens with two attached hydrogens (primary N) is 1. The Hall–Kier alpha value is -2.74. The molecule has 0 saturated heterocycles. The zero-order valence-corrected chi connectivity index (χ0v) is 13.3. The lowest BCUT2D eigenvalue weighted by molar-refractivity contribution is 0.700. The molecular formula is C14H14ClN7O. The summed E-state index contributed by atoms with van der Waals surface area (Å²) in [4.78, 5) is 30.9. The SMILES string of the molecule is CN(C)c1nc(N)nc(Cn2cnc3ccc(Cl)cc3c2=O)n1. The van der Waals surface area contributed by atoms with Crippen LogP contribution in [0, 0.1) is 0 Å². The predicted octanol–water partition coefficient (Wildman–Crippen LogP) is 0.931. The lowest BCUT2D eigenvalue weighted by atomic mass is 10.2. The highest BCUT2D eigenvalue weighted by Gasteiger charge is 2.10. The molecule has 9 heteroatoms. The van der Waals surface area contributed by atoms with Gasteiger partial charge in [0, 0.05) is 19.1 Å². The Morgan fingerprint density at radius 2 is 2.04 bits per heavy atom. The standard InChI is InChI=1S/C14H14ClN7O/c1-21(2)14-19-11(18-13(16)20-14)6-22-7-17-10-4-3-8(15)5-9(10)12(22)23/h3-5,7H,6H2,1-2H3,(H2,16,18,19,20). The summed E-state index contributed by atoms with van der Waals surface area (Å²) in [6, 6.07) is 4.99. The molecule has 0 atom stereocenters. The summed E-state index contributed by atoms with van der Waals surface area (Å²) in [7, 11) is 3.59. The molecule has 118 valence electrons. The van der Waals surface area contributed by atoms with E-state index in [-0.39, 0.29) is 18.1 Å². The van der Waals surface area contributed by atoms with Gasteiger partial charge in [0.15, 0.2) is 5.82 Å². The number of anilines is 2. The molecule has 0 amide bonds. The van der Waals surface area contributed by atoms with E-state index in [4.69, 9.17) is 17.3 Å². The molecule has 2 N–H and O–H groups in total. The van der Waals surface area contributed by atoms with E-state index in [1.807, 2.05) is 0 Å². The molecule has 3 rings (SSSR count). The normalized spacial score (nSPS) is 10.9. The first kappa shape index (κ1) is 15.2. The van der Waals surface area contributed by atoms with Gasteiger partial charge < -0.3 is 10.6 Å². The van der Waals surface area contributed by atoms with E-state index in [2.05, 4.69) is 19.9 Å². The maximum absolute atomic E-state index is 12.5. The molecule has 0 bridgehead atoms. The zero-order chi connectivity index (χ0) is 16.6. The van der Waals surface area contributed by atoms with E-state index in [1.54, 1.807) is 37.2 Å². The minimum atomic E-state index is -0.220. The number of fused-ring (bicyclic) bond motifs is 1. The number of nitrogen functional groups attached to an aromatic ring is 1. The van der Waals surface area contributed by atoms with Crippen LogP contribution in [-0.2, 0) is 6.54 Å². The number of hydrogen-bond donors (Lipinski definition) is 1. The molecule has 0 saturated carbocycles. The monoisotopic (exact) mass is 331 g/mol. The van der Waals surface area contributed by atoms with Crippen LogP contribution in [0.3, 0.4) is 0 Å². The molecule has 2 aromatic heterocycles. The summed E-state index contributed by atoms with van der Waals surface area (Å²) >= 11 is 5.95. The maximum Gasteiger partial charge on any atom is 0.261 e. The molecule has 0 aliphatic rings. The van der Waals surface area contributed by atoms with Crippen molar-refractivity contribution in [2.45, 2.75) is 6.54 Å². The average Bonchev–Trinajstić information content (AvgIpc) is 2.50. The van der Waals surface area contributed by atoms with Gasteiger partial charge in [-0.05, 0) is 18.2 Å². The van der Waals surface area contributed by atoms with Crippen molar-refractivity contribution in [3.63, 3.8) is 0 Å². The Balaban J connectivity index is 2.05. The van der Waals surface area contributed by atoms with E-state index >= 15 is 0 Å². The fraction of sp³-hybridized carbons (Fsp3) is 0.214. The van der Waals surface area contributed by atoms with Gasteiger partial charge in [0.05, 0.1) is 23.8 Å². The van der Waals surface area contributed by atoms with Crippen molar-refractivity contribution < 1.29 is 0 Å². The van der Waals surface area contributed by atoms with Crippen molar-refractivity contribution in [1.29, 1.82) is 0 Å². The topological polar surface area (TPSA) is 103 Å². The Bertz CT molecular complexity index is 938. The summed E-state index contributed by atoms with van der Waals surface area (Å²) in [5.41, 5.74) is 6.05. The molecular weight excluding hydrogens is 318 g/mol. The predicted molar refractivity (Wildman–Crippen MR) is 88.7 cm³/mol. The van der Waals surface area contributed by atoms with E-state index in [1.165, 1.54) is 10.9 Å². The number of aromatic nitrogens is 5. The van der Waals surface area contributed by atoms with E-state index in [0.29, 0.717) is 27.7 Å². The third kappa shape index (κ3) is 3.07. The second kappa shape index (κ2) is 5.81. The van der Waals surface area contributed by atoms with Crippen molar-refractivity contribution in [3.05, 3.63) is 45.7 Å². The quantitative estimate of drug-likeness (QED) is 0.761. The summed E-state index contributed by atoms with van der Waals surface area (Å²) in [6.07, 6.45) is 1.45. The summed E-state index contributed by atoms with van der Waals surface area (Å²) in [5.74, 6) is 0.910. The molecule has 0 aliphatic heterocycles. The van der Waals surface area contributed by atoms with Gasteiger partial charge in [-0.25, -0.2) is 4.98 Å². The fourth-order valence-corrected chi connectivity index (χ4v) is 2.26. The summed E-state index contributed by atoms with van der Waals surface area (Å²) in [5, 5.41) is 0.920. The molecule has 2 heterocycles. The Morgan fingerprint density at radius 1 is 1.26 bits per heavy atom. The van der Waals surface area contributed by atoms with Gasteiger partial charge in [-0.2, -0.15) is 15.0 Å². The van der Waals surface area contributed by atoms with Crippen LogP contribution >= 0.6 is 11.6 Å².